The lowest BCUT2D eigenvalue weighted by Gasteiger charge is -2.57. The highest BCUT2D eigenvalue weighted by molar-refractivity contribution is 5.54. The molecular formula is C21H31NO2. The molecule has 1 saturated carbocycles. The van der Waals surface area contributed by atoms with Crippen molar-refractivity contribution >= 4 is 0 Å². The minimum Gasteiger partial charge on any atom is -0.508 e. The molecule has 0 amide bonds. The van der Waals surface area contributed by atoms with E-state index in [1.807, 2.05) is 6.07 Å². The summed E-state index contributed by atoms with van der Waals surface area (Å²) in [5.41, 5.74) is 2.72. The molecule has 1 saturated heterocycles. The van der Waals surface area contributed by atoms with Crippen molar-refractivity contribution in [1.29, 1.82) is 0 Å². The second-order valence-corrected chi connectivity index (χ2v) is 9.52. The molecule has 1 aromatic carbocycles. The molecule has 1 heterocycles. The minimum absolute atomic E-state index is 0.0266. The van der Waals surface area contributed by atoms with Crippen LogP contribution < -0.4 is 5.32 Å². The van der Waals surface area contributed by atoms with Gasteiger partial charge in [-0.15, -0.1) is 0 Å². The first-order chi connectivity index (χ1) is 11.2. The fourth-order valence-electron chi connectivity index (χ4n) is 6.92. The third-order valence-electron chi connectivity index (χ3n) is 7.84. The molecule has 1 aliphatic heterocycles. The van der Waals surface area contributed by atoms with Crippen LogP contribution in [0.2, 0.25) is 0 Å². The topological polar surface area (TPSA) is 52.5 Å². The highest BCUT2D eigenvalue weighted by Gasteiger charge is 2.60. The van der Waals surface area contributed by atoms with Gasteiger partial charge in [0.25, 0.3) is 0 Å². The Labute approximate surface area is 145 Å². The van der Waals surface area contributed by atoms with Gasteiger partial charge in [-0.1, -0.05) is 13.8 Å². The molecule has 0 bridgehead atoms. The molecule has 3 heteroatoms. The Kier molecular flexibility index (Phi) is 3.32. The van der Waals surface area contributed by atoms with Gasteiger partial charge in [-0.3, -0.25) is 0 Å². The summed E-state index contributed by atoms with van der Waals surface area (Å²) in [5.74, 6) is 1.67. The van der Waals surface area contributed by atoms with E-state index in [4.69, 9.17) is 0 Å². The first-order valence-electron chi connectivity index (χ1n) is 9.49. The molecule has 2 fully saturated rings. The second kappa shape index (κ2) is 4.91. The molecule has 4 rings (SSSR count). The Morgan fingerprint density at radius 2 is 1.79 bits per heavy atom. The molecule has 2 aliphatic carbocycles. The average Bonchev–Trinajstić information content (AvgIpc) is 2.71. The van der Waals surface area contributed by atoms with Gasteiger partial charge >= 0.3 is 0 Å². The van der Waals surface area contributed by atoms with Crippen LogP contribution in [-0.2, 0) is 11.8 Å². The second-order valence-electron chi connectivity index (χ2n) is 9.52. The Balaban J connectivity index is 1.84. The molecule has 132 valence electrons. The van der Waals surface area contributed by atoms with Crippen molar-refractivity contribution in [2.75, 3.05) is 6.54 Å². The van der Waals surface area contributed by atoms with Gasteiger partial charge in [0.1, 0.15) is 11.5 Å². The zero-order chi connectivity index (χ0) is 17.3. The summed E-state index contributed by atoms with van der Waals surface area (Å²) in [6, 6.07) is 3.41. The molecule has 0 radical (unpaired) electrons. The average molecular weight is 329 g/mol. The standard InChI is InChI=1S/C21H31NO2/c1-19(2)16-6-8-21(4)17(20(16,3)7-5-9-22-19)11-13-10-14(23)12-15(24)18(13)21/h10,12,16-17,22-24H,5-9,11H2,1-4H3/t16?,17-,20+,21-/m1/s1. The Morgan fingerprint density at radius 3 is 2.54 bits per heavy atom. The van der Waals surface area contributed by atoms with Crippen LogP contribution in [0.15, 0.2) is 12.1 Å². The lowest BCUT2D eigenvalue weighted by molar-refractivity contribution is -0.0421. The Morgan fingerprint density at radius 1 is 1.04 bits per heavy atom. The molecule has 3 aliphatic rings. The van der Waals surface area contributed by atoms with Crippen LogP contribution in [0.25, 0.3) is 0 Å². The Bertz CT molecular complexity index is 683. The summed E-state index contributed by atoms with van der Waals surface area (Å²) in [5, 5.41) is 24.3. The molecule has 24 heavy (non-hydrogen) atoms. The van der Waals surface area contributed by atoms with Gasteiger partial charge in [-0.25, -0.2) is 0 Å². The smallest absolute Gasteiger partial charge is 0.123 e. The van der Waals surface area contributed by atoms with E-state index in [0.717, 1.165) is 30.5 Å². The molecular weight excluding hydrogens is 298 g/mol. The van der Waals surface area contributed by atoms with Gasteiger partial charge in [-0.05, 0) is 81.4 Å². The van der Waals surface area contributed by atoms with Gasteiger partial charge in [0.15, 0.2) is 0 Å². The van der Waals surface area contributed by atoms with E-state index in [-0.39, 0.29) is 22.1 Å². The fourth-order valence-corrected chi connectivity index (χ4v) is 6.92. The van der Waals surface area contributed by atoms with Crippen LogP contribution >= 0.6 is 0 Å². The monoisotopic (exact) mass is 329 g/mol. The fraction of sp³-hybridized carbons (Fsp3) is 0.714. The van der Waals surface area contributed by atoms with Crippen LogP contribution in [0.3, 0.4) is 0 Å². The maximum atomic E-state index is 10.6. The molecule has 0 spiro atoms. The van der Waals surface area contributed by atoms with Crippen molar-refractivity contribution in [2.24, 2.45) is 17.3 Å². The number of rotatable bonds is 0. The first kappa shape index (κ1) is 16.3. The van der Waals surface area contributed by atoms with Gasteiger partial charge in [0.2, 0.25) is 0 Å². The number of fused-ring (bicyclic) bond motifs is 5. The van der Waals surface area contributed by atoms with E-state index in [2.05, 4.69) is 33.0 Å². The highest BCUT2D eigenvalue weighted by Crippen LogP contribution is 2.65. The SMILES string of the molecule is CC1(C)NCCC[C@@]2(C)C1CC[C@@]1(C)c3c(O)cc(O)cc3C[C@@H]12. The normalized spacial score (nSPS) is 40.3. The highest BCUT2D eigenvalue weighted by atomic mass is 16.3. The van der Waals surface area contributed by atoms with Crippen LogP contribution in [0.1, 0.15) is 64.5 Å². The third kappa shape index (κ3) is 2.00. The lowest BCUT2D eigenvalue weighted by atomic mass is 9.48. The first-order valence-corrected chi connectivity index (χ1v) is 9.49. The van der Waals surface area contributed by atoms with E-state index in [1.165, 1.54) is 25.3 Å². The number of benzene rings is 1. The van der Waals surface area contributed by atoms with E-state index < -0.39 is 0 Å². The third-order valence-corrected chi connectivity index (χ3v) is 7.84. The van der Waals surface area contributed by atoms with Crippen molar-refractivity contribution in [3.8, 4) is 11.5 Å². The van der Waals surface area contributed by atoms with Crippen molar-refractivity contribution < 1.29 is 10.2 Å². The zero-order valence-corrected chi connectivity index (χ0v) is 15.4. The number of hydrogen-bond donors (Lipinski definition) is 3. The van der Waals surface area contributed by atoms with Crippen LogP contribution in [-0.4, -0.2) is 22.3 Å². The maximum Gasteiger partial charge on any atom is 0.123 e. The predicted molar refractivity (Wildman–Crippen MR) is 96.5 cm³/mol. The Hall–Kier alpha value is -1.22. The van der Waals surface area contributed by atoms with Crippen molar-refractivity contribution in [1.82, 2.24) is 5.32 Å². The number of phenolic OH excluding ortho intramolecular Hbond substituents is 2. The maximum absolute atomic E-state index is 10.6. The molecule has 3 N–H and O–H groups in total. The van der Waals surface area contributed by atoms with Crippen LogP contribution in [0.4, 0.5) is 0 Å². The summed E-state index contributed by atoms with van der Waals surface area (Å²) >= 11 is 0. The largest absolute Gasteiger partial charge is 0.508 e. The lowest BCUT2D eigenvalue weighted by Crippen LogP contribution is -2.57. The van der Waals surface area contributed by atoms with Gasteiger partial charge < -0.3 is 15.5 Å². The summed E-state index contributed by atoms with van der Waals surface area (Å²) in [7, 11) is 0. The van der Waals surface area contributed by atoms with Crippen LogP contribution in [0.5, 0.6) is 11.5 Å². The molecule has 3 nitrogen and oxygen atoms in total. The number of nitrogens with one attached hydrogen (secondary N) is 1. The van der Waals surface area contributed by atoms with E-state index in [1.54, 1.807) is 0 Å². The van der Waals surface area contributed by atoms with E-state index >= 15 is 0 Å². The summed E-state index contributed by atoms with van der Waals surface area (Å²) < 4.78 is 0. The predicted octanol–water partition coefficient (Wildman–Crippen LogP) is 4.11. The quantitative estimate of drug-likeness (QED) is 0.671. The number of hydrogen-bond acceptors (Lipinski definition) is 3. The van der Waals surface area contributed by atoms with E-state index in [9.17, 15) is 10.2 Å². The van der Waals surface area contributed by atoms with Crippen LogP contribution in [0, 0.1) is 17.3 Å². The molecule has 1 aromatic rings. The van der Waals surface area contributed by atoms with Gasteiger partial charge in [0, 0.05) is 22.6 Å². The van der Waals surface area contributed by atoms with Crippen molar-refractivity contribution in [3.05, 3.63) is 23.3 Å². The number of aromatic hydroxyl groups is 2. The summed E-state index contributed by atoms with van der Waals surface area (Å²) in [4.78, 5) is 0. The summed E-state index contributed by atoms with van der Waals surface area (Å²) in [6.45, 7) is 10.7. The molecule has 0 aromatic heterocycles. The van der Waals surface area contributed by atoms with Crippen molar-refractivity contribution in [2.45, 2.75) is 70.8 Å². The molecule has 1 unspecified atom stereocenters. The number of phenols is 2. The van der Waals surface area contributed by atoms with Gasteiger partial charge in [0.05, 0.1) is 0 Å². The minimum atomic E-state index is 0.0266. The van der Waals surface area contributed by atoms with E-state index in [0.29, 0.717) is 17.6 Å². The summed E-state index contributed by atoms with van der Waals surface area (Å²) in [6.07, 6.45) is 5.76. The zero-order valence-electron chi connectivity index (χ0n) is 15.4. The molecule has 4 atom stereocenters. The van der Waals surface area contributed by atoms with Crippen molar-refractivity contribution in [3.63, 3.8) is 0 Å². The van der Waals surface area contributed by atoms with Gasteiger partial charge in [-0.2, -0.15) is 0 Å².